The summed E-state index contributed by atoms with van der Waals surface area (Å²) in [6.45, 7) is 5.51. The van der Waals surface area contributed by atoms with Crippen molar-refractivity contribution in [3.05, 3.63) is 62.7 Å². The number of nitrogens with one attached hydrogen (secondary N) is 1. The van der Waals surface area contributed by atoms with E-state index in [0.29, 0.717) is 16.6 Å². The van der Waals surface area contributed by atoms with Gasteiger partial charge in [0.25, 0.3) is 0 Å². The van der Waals surface area contributed by atoms with Crippen molar-refractivity contribution in [3.8, 4) is 11.8 Å². The van der Waals surface area contributed by atoms with Gasteiger partial charge in [-0.2, -0.15) is 0 Å². The summed E-state index contributed by atoms with van der Waals surface area (Å²) in [5.74, 6) is 5.80. The van der Waals surface area contributed by atoms with Crippen molar-refractivity contribution in [1.82, 2.24) is 19.4 Å². The second kappa shape index (κ2) is 11.3. The number of nitrogens with zero attached hydrogens (tertiary/aromatic N) is 5. The highest BCUT2D eigenvalue weighted by Gasteiger charge is 2.31. The van der Waals surface area contributed by atoms with E-state index in [9.17, 15) is 24.5 Å². The largest absolute Gasteiger partial charge is 0.368 e. The lowest BCUT2D eigenvalue weighted by Gasteiger charge is -2.30. The second-order valence-electron chi connectivity index (χ2n) is 9.01. The number of nitro groups is 1. The van der Waals surface area contributed by atoms with Gasteiger partial charge in [0.15, 0.2) is 6.20 Å². The van der Waals surface area contributed by atoms with Crippen LogP contribution in [0.5, 0.6) is 0 Å². The number of fused-ring (bicyclic) bond motifs is 1. The lowest BCUT2D eigenvalue weighted by molar-refractivity contribution is -0.389. The Kier molecular flexibility index (Phi) is 7.90. The third kappa shape index (κ3) is 5.16. The molecule has 2 aliphatic heterocycles. The molecule has 2 amide bonds. The van der Waals surface area contributed by atoms with Crippen LogP contribution in [0.25, 0.3) is 11.0 Å². The molecule has 1 N–H and O–H groups in total. The molecule has 11 nitrogen and oxygen atoms in total. The molecular weight excluding hydrogens is 488 g/mol. The average Bonchev–Trinajstić information content (AvgIpc) is 3.19. The summed E-state index contributed by atoms with van der Waals surface area (Å²) < 4.78 is 2.96. The minimum atomic E-state index is -0.736. The third-order valence-corrected chi connectivity index (χ3v) is 6.81. The van der Waals surface area contributed by atoms with Gasteiger partial charge in [-0.05, 0) is 47.4 Å². The highest BCUT2D eigenvalue weighted by Crippen LogP contribution is 2.26. The van der Waals surface area contributed by atoms with Crippen LogP contribution in [-0.2, 0) is 16.6 Å². The van der Waals surface area contributed by atoms with Crippen LogP contribution < -0.4 is 15.9 Å². The predicted octanol–water partition coefficient (Wildman–Crippen LogP) is 2.92. The van der Waals surface area contributed by atoms with Gasteiger partial charge in [-0.25, -0.2) is 4.79 Å². The number of amides is 2. The van der Waals surface area contributed by atoms with E-state index in [-0.39, 0.29) is 36.2 Å². The number of aryl methyl sites for hydroxylation is 1. The van der Waals surface area contributed by atoms with Crippen LogP contribution in [0.2, 0.25) is 0 Å². The smallest absolute Gasteiger partial charge is 0.363 e. The number of aromatic nitrogens is 3. The van der Waals surface area contributed by atoms with Crippen molar-refractivity contribution < 1.29 is 14.5 Å². The van der Waals surface area contributed by atoms with E-state index in [1.807, 2.05) is 26.0 Å². The van der Waals surface area contributed by atoms with Gasteiger partial charge in [-0.15, -0.1) is 0 Å². The highest BCUT2D eigenvalue weighted by atomic mass is 16.6. The molecule has 1 unspecified atom stereocenters. The molecule has 3 aromatic rings. The van der Waals surface area contributed by atoms with E-state index >= 15 is 0 Å². The molecule has 0 spiro atoms. The maximum absolute atomic E-state index is 13.1. The standard InChI is InChI=1S/C25H24N6O5.C2H6/c1-28-23-17(3-2-4-19(23)30(25(28)34)20-8-10-22(32)27-24(20)33)6-5-16-11-13-29(14-12-16)18-7-9-21(26-15-18)31(35)36;1-2/h2-4,7,9,15-16,20H,8,10-14H2,1H3,(H,27,32,33);1-2H3. The average molecular weight is 519 g/mol. The van der Waals surface area contributed by atoms with Crippen LogP contribution in [0.15, 0.2) is 41.3 Å². The zero-order valence-electron chi connectivity index (χ0n) is 21.6. The first kappa shape index (κ1) is 26.6. The Balaban J connectivity index is 0.00000164. The summed E-state index contributed by atoms with van der Waals surface area (Å²) in [5.41, 5.74) is 2.51. The zero-order valence-corrected chi connectivity index (χ0v) is 21.6. The van der Waals surface area contributed by atoms with Crippen molar-refractivity contribution in [3.63, 3.8) is 0 Å². The second-order valence-corrected chi connectivity index (χ2v) is 9.01. The fraction of sp³-hybridized carbons (Fsp3) is 0.407. The molecule has 1 aromatic carbocycles. The summed E-state index contributed by atoms with van der Waals surface area (Å²) in [4.78, 5) is 53.4. The summed E-state index contributed by atoms with van der Waals surface area (Å²) in [7, 11) is 1.66. The van der Waals surface area contributed by atoms with Gasteiger partial charge in [-0.1, -0.05) is 31.8 Å². The molecule has 38 heavy (non-hydrogen) atoms. The van der Waals surface area contributed by atoms with E-state index in [4.69, 9.17) is 0 Å². The summed E-state index contributed by atoms with van der Waals surface area (Å²) in [6, 6.07) is 7.86. The zero-order chi connectivity index (χ0) is 27.4. The molecule has 2 aliphatic rings. The molecular formula is C27H30N6O5. The van der Waals surface area contributed by atoms with Crippen molar-refractivity contribution >= 4 is 34.4 Å². The first-order valence-corrected chi connectivity index (χ1v) is 12.7. The minimum Gasteiger partial charge on any atom is -0.368 e. The number of benzene rings is 1. The lowest BCUT2D eigenvalue weighted by Crippen LogP contribution is -2.44. The molecule has 4 heterocycles. The maximum atomic E-state index is 13.1. The highest BCUT2D eigenvalue weighted by molar-refractivity contribution is 6.00. The number of imidazole rings is 1. The number of hydrogen-bond donors (Lipinski definition) is 1. The SMILES string of the molecule is CC.Cn1c(=O)n(C2CCC(=O)NC2=O)c2cccc(C#CC3CCN(c4ccc([N+](=O)[O-])nc4)CC3)c21. The van der Waals surface area contributed by atoms with Gasteiger partial charge in [0, 0.05) is 38.5 Å². The Morgan fingerprint density at radius 3 is 2.45 bits per heavy atom. The van der Waals surface area contributed by atoms with Gasteiger partial charge in [-0.3, -0.25) is 24.0 Å². The third-order valence-electron chi connectivity index (χ3n) is 6.81. The molecule has 0 aliphatic carbocycles. The number of piperidine rings is 2. The van der Waals surface area contributed by atoms with E-state index in [0.717, 1.165) is 31.6 Å². The van der Waals surface area contributed by atoms with Crippen LogP contribution in [0.3, 0.4) is 0 Å². The number of carbonyl (C=O) groups is 2. The monoisotopic (exact) mass is 518 g/mol. The van der Waals surface area contributed by atoms with E-state index < -0.39 is 16.9 Å². The van der Waals surface area contributed by atoms with Gasteiger partial charge in [0.1, 0.15) is 6.04 Å². The van der Waals surface area contributed by atoms with Crippen LogP contribution in [0.1, 0.15) is 51.1 Å². The molecule has 2 fully saturated rings. The van der Waals surface area contributed by atoms with Gasteiger partial charge < -0.3 is 15.0 Å². The van der Waals surface area contributed by atoms with Crippen LogP contribution in [0.4, 0.5) is 11.5 Å². The molecule has 1 atom stereocenters. The Bertz CT molecular complexity index is 1490. The molecule has 2 saturated heterocycles. The van der Waals surface area contributed by atoms with Crippen LogP contribution in [-0.4, -0.2) is 43.9 Å². The lowest BCUT2D eigenvalue weighted by atomic mass is 9.96. The number of carbonyl (C=O) groups excluding carboxylic acids is 2. The summed E-state index contributed by atoms with van der Waals surface area (Å²) in [5, 5.41) is 13.1. The maximum Gasteiger partial charge on any atom is 0.363 e. The van der Waals surface area contributed by atoms with E-state index in [1.54, 1.807) is 19.2 Å². The Morgan fingerprint density at radius 1 is 1.08 bits per heavy atom. The van der Waals surface area contributed by atoms with Crippen molar-refractivity contribution in [2.24, 2.45) is 13.0 Å². The first-order valence-electron chi connectivity index (χ1n) is 12.7. The predicted molar refractivity (Wildman–Crippen MR) is 143 cm³/mol. The van der Waals surface area contributed by atoms with Gasteiger partial charge in [0.2, 0.25) is 11.8 Å². The molecule has 11 heteroatoms. The molecule has 198 valence electrons. The summed E-state index contributed by atoms with van der Waals surface area (Å²) in [6.07, 6.45) is 3.65. The number of imide groups is 1. The van der Waals surface area contributed by atoms with Gasteiger partial charge >= 0.3 is 11.5 Å². The number of para-hydroxylation sites is 1. The Morgan fingerprint density at radius 2 is 1.82 bits per heavy atom. The Labute approximate surface area is 219 Å². The first-order chi connectivity index (χ1) is 18.3. The van der Waals surface area contributed by atoms with Crippen LogP contribution in [0, 0.1) is 27.9 Å². The van der Waals surface area contributed by atoms with Gasteiger partial charge in [0.05, 0.1) is 22.3 Å². The molecule has 0 radical (unpaired) electrons. The number of anilines is 1. The Hall–Kier alpha value is -4.46. The fourth-order valence-electron chi connectivity index (χ4n) is 4.90. The fourth-order valence-corrected chi connectivity index (χ4v) is 4.90. The van der Waals surface area contributed by atoms with E-state index in [2.05, 4.69) is 27.0 Å². The topological polar surface area (TPSA) is 132 Å². The number of rotatable bonds is 3. The normalized spacial score (nSPS) is 17.8. The van der Waals surface area contributed by atoms with Crippen molar-refractivity contribution in [1.29, 1.82) is 0 Å². The number of hydrogen-bond acceptors (Lipinski definition) is 7. The van der Waals surface area contributed by atoms with Crippen molar-refractivity contribution in [2.75, 3.05) is 18.0 Å². The molecule has 2 aromatic heterocycles. The molecule has 5 rings (SSSR count). The summed E-state index contributed by atoms with van der Waals surface area (Å²) >= 11 is 0. The number of pyridine rings is 1. The minimum absolute atomic E-state index is 0.164. The molecule has 0 bridgehead atoms. The van der Waals surface area contributed by atoms with Crippen LogP contribution >= 0.6 is 0 Å². The van der Waals surface area contributed by atoms with E-state index in [1.165, 1.54) is 21.4 Å². The quantitative estimate of drug-likeness (QED) is 0.244. The molecule has 0 saturated carbocycles. The van der Waals surface area contributed by atoms with Crippen molar-refractivity contribution in [2.45, 2.75) is 45.6 Å².